The van der Waals surface area contributed by atoms with Crippen LogP contribution in [0.2, 0.25) is 0 Å². The van der Waals surface area contributed by atoms with Crippen molar-refractivity contribution in [1.82, 2.24) is 9.97 Å². The van der Waals surface area contributed by atoms with Crippen molar-refractivity contribution >= 4 is 5.82 Å². The Bertz CT molecular complexity index is 579. The van der Waals surface area contributed by atoms with Gasteiger partial charge in [-0.1, -0.05) is 24.3 Å². The number of hydrogen-bond acceptors (Lipinski definition) is 3. The highest BCUT2D eigenvalue weighted by Gasteiger charge is 2.16. The van der Waals surface area contributed by atoms with Gasteiger partial charge in [0.15, 0.2) is 5.82 Å². The van der Waals surface area contributed by atoms with Gasteiger partial charge in [0.1, 0.15) is 0 Å². The Morgan fingerprint density at radius 1 is 1.11 bits per heavy atom. The van der Waals surface area contributed by atoms with E-state index in [1.54, 1.807) is 12.4 Å². The van der Waals surface area contributed by atoms with Gasteiger partial charge in [0.2, 0.25) is 0 Å². The number of rotatable bonds is 1. The zero-order valence-electron chi connectivity index (χ0n) is 10.1. The number of nitrogens with zero attached hydrogens (tertiary/aromatic N) is 2. The molecule has 0 radical (unpaired) electrons. The van der Waals surface area contributed by atoms with E-state index in [0.717, 1.165) is 25.9 Å². The van der Waals surface area contributed by atoms with E-state index in [1.807, 2.05) is 0 Å². The van der Waals surface area contributed by atoms with Crippen LogP contribution < -0.4 is 10.5 Å². The van der Waals surface area contributed by atoms with Crippen LogP contribution in [0.4, 0.5) is 5.82 Å². The molecule has 1 aliphatic heterocycles. The van der Waals surface area contributed by atoms with E-state index < -0.39 is 0 Å². The number of fused-ring (bicyclic) bond motifs is 1. The fourth-order valence-corrected chi connectivity index (χ4v) is 2.45. The molecule has 0 unspecified atom stereocenters. The zero-order chi connectivity index (χ0) is 12.4. The maximum absolute atomic E-state index is 11.7. The summed E-state index contributed by atoms with van der Waals surface area (Å²) in [5, 5.41) is 0. The molecule has 18 heavy (non-hydrogen) atoms. The molecule has 92 valence electrons. The van der Waals surface area contributed by atoms with Gasteiger partial charge in [-0.3, -0.25) is 4.79 Å². The molecule has 0 aliphatic carbocycles. The molecule has 2 aromatic rings. The van der Waals surface area contributed by atoms with E-state index in [4.69, 9.17) is 0 Å². The maximum atomic E-state index is 11.7. The summed E-state index contributed by atoms with van der Waals surface area (Å²) in [6, 6.07) is 8.48. The Balaban J connectivity index is 1.88. The maximum Gasteiger partial charge on any atom is 0.290 e. The molecule has 0 saturated carbocycles. The van der Waals surface area contributed by atoms with E-state index in [2.05, 4.69) is 39.1 Å². The molecule has 3 rings (SSSR count). The van der Waals surface area contributed by atoms with Gasteiger partial charge in [-0.15, -0.1) is 0 Å². The van der Waals surface area contributed by atoms with Gasteiger partial charge in [0.05, 0.1) is 0 Å². The molecule has 1 aromatic heterocycles. The zero-order valence-corrected chi connectivity index (χ0v) is 10.1. The average Bonchev–Trinajstić information content (AvgIpc) is 2.62. The number of anilines is 1. The Kier molecular flexibility index (Phi) is 2.84. The second-order valence-electron chi connectivity index (χ2n) is 4.50. The number of nitrogens with one attached hydrogen (secondary N) is 1. The summed E-state index contributed by atoms with van der Waals surface area (Å²) in [5.74, 6) is 0.533. The number of H-pyrrole nitrogens is 1. The highest BCUT2D eigenvalue weighted by atomic mass is 16.1. The van der Waals surface area contributed by atoms with Crippen molar-refractivity contribution in [2.45, 2.75) is 12.8 Å². The van der Waals surface area contributed by atoms with Gasteiger partial charge in [0.25, 0.3) is 5.56 Å². The monoisotopic (exact) mass is 241 g/mol. The van der Waals surface area contributed by atoms with E-state index >= 15 is 0 Å². The quantitative estimate of drug-likeness (QED) is 0.820. The minimum absolute atomic E-state index is 0.108. The molecule has 1 N–H and O–H groups in total. The summed E-state index contributed by atoms with van der Waals surface area (Å²) in [6.45, 7) is 1.69. The fraction of sp³-hybridized carbons (Fsp3) is 0.286. The summed E-state index contributed by atoms with van der Waals surface area (Å²) in [5.41, 5.74) is 2.66. The molecule has 2 heterocycles. The van der Waals surface area contributed by atoms with Gasteiger partial charge in [-0.2, -0.15) is 0 Å². The van der Waals surface area contributed by atoms with Crippen LogP contribution in [0.3, 0.4) is 0 Å². The van der Waals surface area contributed by atoms with Gasteiger partial charge < -0.3 is 9.88 Å². The fourth-order valence-electron chi connectivity index (χ4n) is 2.45. The van der Waals surface area contributed by atoms with Crippen molar-refractivity contribution in [3.8, 4) is 0 Å². The van der Waals surface area contributed by atoms with Crippen LogP contribution in [-0.2, 0) is 12.8 Å². The standard InChI is InChI=1S/C14H15N3O/c18-14-13(15-7-8-16-14)17-9-5-11-3-1-2-4-12(11)6-10-17/h1-4,7-8H,5-6,9-10H2,(H,16,18). The lowest BCUT2D eigenvalue weighted by Gasteiger charge is -2.19. The molecule has 0 bridgehead atoms. The first-order valence-corrected chi connectivity index (χ1v) is 6.20. The van der Waals surface area contributed by atoms with E-state index in [0.29, 0.717) is 5.82 Å². The molecule has 0 atom stereocenters. The van der Waals surface area contributed by atoms with Crippen LogP contribution in [0, 0.1) is 0 Å². The second-order valence-corrected chi connectivity index (χ2v) is 4.50. The molecule has 4 nitrogen and oxygen atoms in total. The number of hydrogen-bond donors (Lipinski definition) is 1. The predicted octanol–water partition coefficient (Wildman–Crippen LogP) is 1.38. The summed E-state index contributed by atoms with van der Waals surface area (Å²) in [6.07, 6.45) is 5.13. The van der Waals surface area contributed by atoms with Crippen molar-refractivity contribution in [3.05, 3.63) is 58.1 Å². The average molecular weight is 241 g/mol. The van der Waals surface area contributed by atoms with Gasteiger partial charge in [-0.05, 0) is 24.0 Å². The first-order valence-electron chi connectivity index (χ1n) is 6.20. The summed E-state index contributed by atoms with van der Waals surface area (Å²) < 4.78 is 0. The Hall–Kier alpha value is -2.10. The van der Waals surface area contributed by atoms with E-state index in [9.17, 15) is 4.79 Å². The van der Waals surface area contributed by atoms with E-state index in [1.165, 1.54) is 11.1 Å². The van der Waals surface area contributed by atoms with Crippen molar-refractivity contribution in [2.24, 2.45) is 0 Å². The third-order valence-electron chi connectivity index (χ3n) is 3.41. The molecular formula is C14H15N3O. The number of aromatic nitrogens is 2. The predicted molar refractivity (Wildman–Crippen MR) is 70.9 cm³/mol. The lowest BCUT2D eigenvalue weighted by Crippen LogP contribution is -2.32. The van der Waals surface area contributed by atoms with Crippen molar-refractivity contribution in [1.29, 1.82) is 0 Å². The Morgan fingerprint density at radius 3 is 2.39 bits per heavy atom. The molecule has 0 amide bonds. The van der Waals surface area contributed by atoms with Crippen molar-refractivity contribution in [2.75, 3.05) is 18.0 Å². The first kappa shape index (κ1) is 11.0. The second kappa shape index (κ2) is 4.64. The van der Waals surface area contributed by atoms with Gasteiger partial charge in [-0.25, -0.2) is 4.98 Å². The molecule has 1 aromatic carbocycles. The normalized spacial score (nSPS) is 15.0. The third kappa shape index (κ3) is 2.01. The number of benzene rings is 1. The molecule has 4 heteroatoms. The van der Waals surface area contributed by atoms with Crippen LogP contribution in [0.25, 0.3) is 0 Å². The van der Waals surface area contributed by atoms with Crippen LogP contribution in [-0.4, -0.2) is 23.1 Å². The minimum Gasteiger partial charge on any atom is -0.351 e. The molecule has 0 spiro atoms. The van der Waals surface area contributed by atoms with Crippen LogP contribution in [0.15, 0.2) is 41.5 Å². The Labute approximate surface area is 105 Å². The number of aromatic amines is 1. The summed E-state index contributed by atoms with van der Waals surface area (Å²) >= 11 is 0. The topological polar surface area (TPSA) is 49.0 Å². The third-order valence-corrected chi connectivity index (χ3v) is 3.41. The SMILES string of the molecule is O=c1[nH]ccnc1N1CCc2ccccc2CC1. The van der Waals surface area contributed by atoms with E-state index in [-0.39, 0.29) is 5.56 Å². The molecule has 0 saturated heterocycles. The van der Waals surface area contributed by atoms with Crippen LogP contribution in [0.1, 0.15) is 11.1 Å². The highest BCUT2D eigenvalue weighted by molar-refractivity contribution is 5.39. The van der Waals surface area contributed by atoms with Gasteiger partial charge in [0, 0.05) is 25.5 Å². The molecule has 0 fully saturated rings. The smallest absolute Gasteiger partial charge is 0.290 e. The van der Waals surface area contributed by atoms with Crippen LogP contribution in [0.5, 0.6) is 0 Å². The van der Waals surface area contributed by atoms with Crippen molar-refractivity contribution in [3.63, 3.8) is 0 Å². The van der Waals surface area contributed by atoms with Gasteiger partial charge >= 0.3 is 0 Å². The lowest BCUT2D eigenvalue weighted by atomic mass is 10.0. The minimum atomic E-state index is -0.108. The first-order chi connectivity index (χ1) is 8.84. The summed E-state index contributed by atoms with van der Waals surface area (Å²) in [4.78, 5) is 20.7. The summed E-state index contributed by atoms with van der Waals surface area (Å²) in [7, 11) is 0. The molecule has 1 aliphatic rings. The van der Waals surface area contributed by atoms with Crippen LogP contribution >= 0.6 is 0 Å². The molecular weight excluding hydrogens is 226 g/mol. The lowest BCUT2D eigenvalue weighted by molar-refractivity contribution is 0.781. The Morgan fingerprint density at radius 2 is 1.78 bits per heavy atom. The van der Waals surface area contributed by atoms with Crippen molar-refractivity contribution < 1.29 is 0 Å². The highest BCUT2D eigenvalue weighted by Crippen LogP contribution is 2.17. The largest absolute Gasteiger partial charge is 0.351 e.